The molecule has 5 fully saturated rings. The molecule has 8 heterocycles. The van der Waals surface area contributed by atoms with Gasteiger partial charge in [-0.15, -0.1) is 0 Å². The van der Waals surface area contributed by atoms with Crippen LogP contribution in [-0.2, 0) is 16.6 Å². The van der Waals surface area contributed by atoms with E-state index in [0.717, 1.165) is 76.0 Å². The summed E-state index contributed by atoms with van der Waals surface area (Å²) in [4.78, 5) is 69.2. The quantitative estimate of drug-likeness (QED) is 0.226. The van der Waals surface area contributed by atoms with Crippen molar-refractivity contribution in [3.8, 4) is 0 Å². The fourth-order valence-electron chi connectivity index (χ4n) is 9.29. The Hall–Kier alpha value is -5.97. The summed E-state index contributed by atoms with van der Waals surface area (Å²) in [6.45, 7) is 10.0. The maximum atomic E-state index is 13.4. The minimum absolute atomic E-state index is 0.0354. The van der Waals surface area contributed by atoms with Crippen molar-refractivity contribution in [2.45, 2.75) is 56.2 Å². The van der Waals surface area contributed by atoms with E-state index in [-0.39, 0.29) is 35.1 Å². The number of nitrogens with two attached hydrogens (primary N) is 1. The van der Waals surface area contributed by atoms with E-state index in [4.69, 9.17) is 15.5 Å². The third kappa shape index (κ3) is 7.15. The molecule has 9 rings (SSSR count). The van der Waals surface area contributed by atoms with Gasteiger partial charge in [-0.1, -0.05) is 6.58 Å². The lowest BCUT2D eigenvalue weighted by atomic mass is 9.89. The Balaban J connectivity index is 0.772. The Kier molecular flexibility index (Phi) is 9.33. The second-order valence-electron chi connectivity index (χ2n) is 16.3. The molecular formula is C40H48N12O5. The van der Waals surface area contributed by atoms with Crippen molar-refractivity contribution in [3.63, 3.8) is 0 Å². The van der Waals surface area contributed by atoms with Crippen molar-refractivity contribution in [1.29, 1.82) is 0 Å². The number of allylic oxidation sites excluding steroid dienone is 1. The molecule has 0 saturated carbocycles. The largest absolute Gasteiger partial charge is 0.438 e. The minimum Gasteiger partial charge on any atom is -0.438 e. The van der Waals surface area contributed by atoms with Crippen molar-refractivity contribution in [1.82, 2.24) is 39.4 Å². The molecule has 5 aliphatic rings. The van der Waals surface area contributed by atoms with Crippen LogP contribution in [0.3, 0.4) is 0 Å². The molecule has 5 aliphatic heterocycles. The summed E-state index contributed by atoms with van der Waals surface area (Å²) in [5, 5.41) is 11.5. The van der Waals surface area contributed by atoms with E-state index in [1.807, 2.05) is 23.1 Å². The van der Waals surface area contributed by atoms with Gasteiger partial charge in [0.2, 0.25) is 5.91 Å². The molecular weight excluding hydrogens is 729 g/mol. The summed E-state index contributed by atoms with van der Waals surface area (Å²) in [5.74, 6) is 0.537. The van der Waals surface area contributed by atoms with E-state index in [9.17, 15) is 19.2 Å². The van der Waals surface area contributed by atoms with Gasteiger partial charge in [0.25, 0.3) is 11.5 Å². The topological polar surface area (TPSA) is 189 Å². The Morgan fingerprint density at radius 1 is 1.05 bits per heavy atom. The molecule has 0 radical (unpaired) electrons. The second kappa shape index (κ2) is 14.5. The number of pyridine rings is 1. The molecule has 4 aromatic rings. The van der Waals surface area contributed by atoms with Gasteiger partial charge < -0.3 is 35.5 Å². The number of hydrogen-bond acceptors (Lipinski definition) is 12. The first-order valence-electron chi connectivity index (χ1n) is 19.8. The van der Waals surface area contributed by atoms with Crippen LogP contribution in [0.1, 0.15) is 55.1 Å². The highest BCUT2D eigenvalue weighted by Crippen LogP contribution is 2.37. The number of rotatable bonds is 9. The van der Waals surface area contributed by atoms with Crippen LogP contribution in [0.4, 0.5) is 27.8 Å². The number of nitrogens with one attached hydrogen (secondary N) is 2. The normalized spacial score (nSPS) is 22.8. The molecule has 3 amide bonds. The van der Waals surface area contributed by atoms with Crippen molar-refractivity contribution >= 4 is 51.7 Å². The van der Waals surface area contributed by atoms with Crippen molar-refractivity contribution in [2.24, 2.45) is 18.7 Å². The van der Waals surface area contributed by atoms with Crippen LogP contribution in [0.5, 0.6) is 0 Å². The molecule has 298 valence electrons. The average Bonchev–Trinajstić information content (AvgIpc) is 3.77. The number of nitrogens with zero attached hydrogens (tertiary/aromatic N) is 9. The van der Waals surface area contributed by atoms with Crippen LogP contribution in [0.15, 0.2) is 66.1 Å². The van der Waals surface area contributed by atoms with E-state index >= 15 is 0 Å². The average molecular weight is 777 g/mol. The Morgan fingerprint density at radius 3 is 2.63 bits per heavy atom. The highest BCUT2D eigenvalue weighted by atomic mass is 16.6. The van der Waals surface area contributed by atoms with Gasteiger partial charge in [-0.2, -0.15) is 5.10 Å². The number of amides is 3. The zero-order chi connectivity index (χ0) is 39.4. The standard InChI is InChI=1S/C40H48N12O5/c1-25-5-8-32(37(54)44-25)51-15-11-27-16-29(6-7-31(27)38(51)55)49-13-9-26(10-14-49)19-48-22-40(23-48)24-52(39(56)57-40)30-4-3-12-50(21-30)33-18-42-34(35(41)53)36(46-33)45-28-17-43-47(2)20-28/h6-7,11,15-18,20,26,30,32H,1,3-5,8-10,12-14,19,21-24H2,2H3,(H2,41,53)(H,44,54)(H,45,46)/t30-,32?/m1/s1. The summed E-state index contributed by atoms with van der Waals surface area (Å²) in [5.41, 5.74) is 7.46. The molecule has 5 saturated heterocycles. The fourth-order valence-corrected chi connectivity index (χ4v) is 9.29. The molecule has 4 N–H and O–H groups in total. The maximum Gasteiger partial charge on any atom is 0.410 e. The fraction of sp³-hybridized carbons (Fsp3) is 0.475. The molecule has 2 atom stereocenters. The summed E-state index contributed by atoms with van der Waals surface area (Å²) in [6, 6.07) is 7.37. The second-order valence-corrected chi connectivity index (χ2v) is 16.3. The highest BCUT2D eigenvalue weighted by molar-refractivity contribution is 5.96. The molecule has 0 aliphatic carbocycles. The summed E-state index contributed by atoms with van der Waals surface area (Å²) in [6.07, 6.45) is 11.5. The third-order valence-corrected chi connectivity index (χ3v) is 12.2. The van der Waals surface area contributed by atoms with Crippen LogP contribution in [-0.4, -0.2) is 116 Å². The van der Waals surface area contributed by atoms with Crippen LogP contribution in [0.2, 0.25) is 0 Å². The SMILES string of the molecule is C=C1CCC(n2ccc3cc(N4CCC(CN5CC6(C5)CN([C@@H]5CCCN(c7cnc(C(N)=O)c(Nc8cnn(C)c8)n7)C5)C(=O)O6)CC4)ccc3c2=O)C(=O)N1. The molecule has 17 heteroatoms. The van der Waals surface area contributed by atoms with Crippen LogP contribution in [0.25, 0.3) is 10.8 Å². The van der Waals surface area contributed by atoms with Gasteiger partial charge in [0, 0.05) is 82.0 Å². The number of piperidine rings is 3. The van der Waals surface area contributed by atoms with Gasteiger partial charge in [-0.3, -0.25) is 28.9 Å². The molecule has 57 heavy (non-hydrogen) atoms. The number of aryl methyl sites for hydroxylation is 1. The van der Waals surface area contributed by atoms with Gasteiger partial charge in [0.15, 0.2) is 17.1 Å². The van der Waals surface area contributed by atoms with Gasteiger partial charge in [0.1, 0.15) is 11.9 Å². The first-order chi connectivity index (χ1) is 27.5. The van der Waals surface area contributed by atoms with Gasteiger partial charge in [-0.25, -0.2) is 14.8 Å². The predicted octanol–water partition coefficient (Wildman–Crippen LogP) is 2.72. The first kappa shape index (κ1) is 36.7. The van der Waals surface area contributed by atoms with E-state index in [0.29, 0.717) is 54.4 Å². The minimum atomic E-state index is -0.681. The number of ether oxygens (including phenoxy) is 1. The van der Waals surface area contributed by atoms with Gasteiger partial charge in [0.05, 0.1) is 30.7 Å². The van der Waals surface area contributed by atoms with E-state index in [1.165, 1.54) is 0 Å². The predicted molar refractivity (Wildman–Crippen MR) is 213 cm³/mol. The smallest absolute Gasteiger partial charge is 0.410 e. The Bertz CT molecular complexity index is 2310. The monoisotopic (exact) mass is 776 g/mol. The summed E-state index contributed by atoms with van der Waals surface area (Å²) in [7, 11) is 1.80. The summed E-state index contributed by atoms with van der Waals surface area (Å²) >= 11 is 0. The van der Waals surface area contributed by atoms with Crippen LogP contribution < -0.4 is 31.7 Å². The van der Waals surface area contributed by atoms with Gasteiger partial charge in [-0.05, 0) is 74.1 Å². The Morgan fingerprint density at radius 2 is 1.88 bits per heavy atom. The van der Waals surface area contributed by atoms with Crippen LogP contribution in [0, 0.1) is 5.92 Å². The van der Waals surface area contributed by atoms with Crippen molar-refractivity contribution in [2.75, 3.05) is 67.5 Å². The Labute approximate surface area is 329 Å². The number of fused-ring (bicyclic) bond motifs is 1. The van der Waals surface area contributed by atoms with Crippen molar-refractivity contribution in [3.05, 3.63) is 77.4 Å². The summed E-state index contributed by atoms with van der Waals surface area (Å²) < 4.78 is 9.27. The number of benzene rings is 1. The van der Waals surface area contributed by atoms with E-state index in [2.05, 4.69) is 48.1 Å². The van der Waals surface area contributed by atoms with Gasteiger partial charge >= 0.3 is 6.09 Å². The van der Waals surface area contributed by atoms with Crippen LogP contribution >= 0.6 is 0 Å². The third-order valence-electron chi connectivity index (χ3n) is 12.2. The van der Waals surface area contributed by atoms with E-state index in [1.54, 1.807) is 41.1 Å². The highest BCUT2D eigenvalue weighted by Gasteiger charge is 2.55. The molecule has 1 unspecified atom stereocenters. The van der Waals surface area contributed by atoms with Crippen molar-refractivity contribution < 1.29 is 19.1 Å². The molecule has 1 aromatic carbocycles. The lowest BCUT2D eigenvalue weighted by Gasteiger charge is -2.48. The zero-order valence-electron chi connectivity index (χ0n) is 32.1. The number of carbonyl (C=O) groups excluding carboxylic acids is 3. The number of aromatic nitrogens is 5. The van der Waals surface area contributed by atoms with E-state index < -0.39 is 17.6 Å². The number of likely N-dealkylation sites (tertiary alicyclic amines) is 1. The molecule has 3 aromatic heterocycles. The molecule has 0 bridgehead atoms. The number of hydrogen-bond donors (Lipinski definition) is 3. The molecule has 17 nitrogen and oxygen atoms in total. The zero-order valence-corrected chi connectivity index (χ0v) is 32.1. The number of carbonyl (C=O) groups is 3. The lowest BCUT2D eigenvalue weighted by molar-refractivity contribution is -0.124. The molecule has 1 spiro atoms. The number of anilines is 4. The number of primary amides is 1. The lowest BCUT2D eigenvalue weighted by Crippen LogP contribution is -2.65. The first-order valence-corrected chi connectivity index (χ1v) is 19.8. The maximum absolute atomic E-state index is 13.4.